The van der Waals surface area contributed by atoms with E-state index in [0.29, 0.717) is 33.4 Å². The third-order valence-electron chi connectivity index (χ3n) is 6.44. The highest BCUT2D eigenvalue weighted by molar-refractivity contribution is 6.16. The van der Waals surface area contributed by atoms with Crippen LogP contribution in [0.1, 0.15) is 38.1 Å². The van der Waals surface area contributed by atoms with Crippen LogP contribution in [0.25, 0.3) is 11.0 Å². The highest BCUT2D eigenvalue weighted by Crippen LogP contribution is 2.41. The number of rotatable bonds is 7. The van der Waals surface area contributed by atoms with Crippen LogP contribution in [0.5, 0.6) is 11.5 Å². The SMILES string of the molecule is COC(=O)c1ccc(CN2C(=O)C(O)=C(C(=O)c3cc4cccc(OC)c4o3)C2c2ccc(O)cc2)cc1. The van der Waals surface area contributed by atoms with Crippen LogP contribution in [0.2, 0.25) is 0 Å². The molecule has 4 aromatic rings. The number of phenolic OH excluding ortho intramolecular Hbond substituents is 1. The number of phenols is 1. The summed E-state index contributed by atoms with van der Waals surface area (Å²) in [5, 5.41) is 21.4. The molecule has 2 N–H and O–H groups in total. The number of esters is 1. The molecule has 0 radical (unpaired) electrons. The summed E-state index contributed by atoms with van der Waals surface area (Å²) in [6.07, 6.45) is 0. The zero-order valence-electron chi connectivity index (χ0n) is 20.5. The first-order chi connectivity index (χ1) is 18.3. The molecular formula is C29H23NO8. The van der Waals surface area contributed by atoms with Crippen LogP contribution in [0, 0.1) is 0 Å². The van der Waals surface area contributed by atoms with Crippen LogP contribution in [-0.2, 0) is 16.1 Å². The van der Waals surface area contributed by atoms with Gasteiger partial charge in [0.1, 0.15) is 5.75 Å². The maximum Gasteiger partial charge on any atom is 0.337 e. The number of fused-ring (bicyclic) bond motifs is 1. The smallest absolute Gasteiger partial charge is 0.337 e. The average Bonchev–Trinajstić information content (AvgIpc) is 3.48. The first-order valence-electron chi connectivity index (χ1n) is 11.6. The Bertz CT molecular complexity index is 1580. The molecule has 38 heavy (non-hydrogen) atoms. The number of carbonyl (C=O) groups excluding carboxylic acids is 3. The third-order valence-corrected chi connectivity index (χ3v) is 6.44. The molecule has 1 amide bonds. The molecule has 0 saturated heterocycles. The molecule has 9 heteroatoms. The Morgan fingerprint density at radius 1 is 0.974 bits per heavy atom. The second kappa shape index (κ2) is 9.78. The predicted molar refractivity (Wildman–Crippen MR) is 136 cm³/mol. The normalized spacial score (nSPS) is 15.3. The molecule has 0 fully saturated rings. The van der Waals surface area contributed by atoms with Gasteiger partial charge in [-0.25, -0.2) is 4.79 Å². The minimum atomic E-state index is -0.967. The quantitative estimate of drug-likeness (QED) is 0.269. The van der Waals surface area contributed by atoms with E-state index in [4.69, 9.17) is 13.9 Å². The van der Waals surface area contributed by atoms with Gasteiger partial charge in [-0.15, -0.1) is 0 Å². The minimum Gasteiger partial charge on any atom is -0.508 e. The van der Waals surface area contributed by atoms with Gasteiger partial charge in [0.15, 0.2) is 22.9 Å². The van der Waals surface area contributed by atoms with E-state index in [0.717, 1.165) is 0 Å². The molecule has 1 unspecified atom stereocenters. The molecule has 1 aliphatic rings. The van der Waals surface area contributed by atoms with Crippen molar-refractivity contribution in [3.05, 3.63) is 107 Å². The molecular weight excluding hydrogens is 490 g/mol. The van der Waals surface area contributed by atoms with E-state index in [1.807, 2.05) is 0 Å². The van der Waals surface area contributed by atoms with Gasteiger partial charge in [0.2, 0.25) is 5.78 Å². The van der Waals surface area contributed by atoms with E-state index in [9.17, 15) is 24.6 Å². The lowest BCUT2D eigenvalue weighted by atomic mass is 9.94. The van der Waals surface area contributed by atoms with E-state index >= 15 is 0 Å². The highest BCUT2D eigenvalue weighted by Gasteiger charge is 2.44. The Labute approximate surface area is 217 Å². The molecule has 9 nitrogen and oxygen atoms in total. The zero-order valence-corrected chi connectivity index (χ0v) is 20.5. The van der Waals surface area contributed by atoms with Crippen molar-refractivity contribution in [1.82, 2.24) is 4.90 Å². The Hall–Kier alpha value is -5.05. The number of ketones is 1. The summed E-state index contributed by atoms with van der Waals surface area (Å²) >= 11 is 0. The number of carbonyl (C=O) groups is 3. The average molecular weight is 514 g/mol. The molecule has 192 valence electrons. The lowest BCUT2D eigenvalue weighted by Gasteiger charge is -2.27. The number of nitrogens with zero attached hydrogens (tertiary/aromatic N) is 1. The van der Waals surface area contributed by atoms with Crippen molar-refractivity contribution in [1.29, 1.82) is 0 Å². The van der Waals surface area contributed by atoms with Crippen molar-refractivity contribution in [2.75, 3.05) is 14.2 Å². The summed E-state index contributed by atoms with van der Waals surface area (Å²) < 4.78 is 15.9. The monoisotopic (exact) mass is 513 g/mol. The number of furan rings is 1. The molecule has 3 aromatic carbocycles. The van der Waals surface area contributed by atoms with E-state index in [1.54, 1.807) is 54.6 Å². The number of aromatic hydroxyl groups is 1. The van der Waals surface area contributed by atoms with Crippen molar-refractivity contribution in [2.45, 2.75) is 12.6 Å². The summed E-state index contributed by atoms with van der Waals surface area (Å²) in [5.41, 5.74) is 1.72. The fourth-order valence-corrected chi connectivity index (χ4v) is 4.55. The van der Waals surface area contributed by atoms with Crippen molar-refractivity contribution in [2.24, 2.45) is 0 Å². The first-order valence-corrected chi connectivity index (χ1v) is 11.6. The number of Topliss-reactive ketones (excluding diaryl/α,β-unsaturated/α-hetero) is 1. The molecule has 0 aliphatic carbocycles. The van der Waals surface area contributed by atoms with Crippen LogP contribution in [0.4, 0.5) is 0 Å². The van der Waals surface area contributed by atoms with Crippen molar-refractivity contribution < 1.29 is 38.5 Å². The predicted octanol–water partition coefficient (Wildman–Crippen LogP) is 4.71. The Morgan fingerprint density at radius 2 is 1.68 bits per heavy atom. The lowest BCUT2D eigenvalue weighted by molar-refractivity contribution is -0.130. The highest BCUT2D eigenvalue weighted by atomic mass is 16.5. The van der Waals surface area contributed by atoms with Gasteiger partial charge in [-0.05, 0) is 47.5 Å². The number of aliphatic hydroxyl groups excluding tert-OH is 1. The summed E-state index contributed by atoms with van der Waals surface area (Å²) in [6.45, 7) is 0.0284. The lowest BCUT2D eigenvalue weighted by Crippen LogP contribution is -2.30. The molecule has 0 bridgehead atoms. The van der Waals surface area contributed by atoms with E-state index in [-0.39, 0.29) is 23.6 Å². The van der Waals surface area contributed by atoms with Gasteiger partial charge in [-0.1, -0.05) is 36.4 Å². The molecule has 2 heterocycles. The maximum absolute atomic E-state index is 13.7. The maximum atomic E-state index is 13.7. The fraction of sp³-hybridized carbons (Fsp3) is 0.138. The van der Waals surface area contributed by atoms with Crippen LogP contribution >= 0.6 is 0 Å². The van der Waals surface area contributed by atoms with Gasteiger partial charge in [0, 0.05) is 11.9 Å². The summed E-state index contributed by atoms with van der Waals surface area (Å²) in [7, 11) is 2.77. The topological polar surface area (TPSA) is 127 Å². The van der Waals surface area contributed by atoms with Gasteiger partial charge in [-0.2, -0.15) is 0 Å². The third kappa shape index (κ3) is 4.24. The number of hydrogen-bond acceptors (Lipinski definition) is 8. The Balaban J connectivity index is 1.55. The molecule has 1 aliphatic heterocycles. The van der Waals surface area contributed by atoms with Gasteiger partial charge in [0.05, 0.1) is 31.4 Å². The van der Waals surface area contributed by atoms with Crippen molar-refractivity contribution in [3.8, 4) is 11.5 Å². The van der Waals surface area contributed by atoms with Crippen LogP contribution in [0.15, 0.2) is 88.5 Å². The molecule has 1 atom stereocenters. The number of methoxy groups -OCH3 is 2. The first kappa shape index (κ1) is 24.6. The second-order valence-corrected chi connectivity index (χ2v) is 8.70. The summed E-state index contributed by atoms with van der Waals surface area (Å²) in [5.74, 6) is -2.19. The Morgan fingerprint density at radius 3 is 2.34 bits per heavy atom. The van der Waals surface area contributed by atoms with E-state index in [2.05, 4.69) is 0 Å². The molecule has 1 aromatic heterocycles. The molecule has 0 spiro atoms. The summed E-state index contributed by atoms with van der Waals surface area (Å²) in [6, 6.07) is 18.3. The molecule has 5 rings (SSSR count). The largest absolute Gasteiger partial charge is 0.508 e. The van der Waals surface area contributed by atoms with Gasteiger partial charge >= 0.3 is 5.97 Å². The number of para-hydroxylation sites is 1. The summed E-state index contributed by atoms with van der Waals surface area (Å²) in [4.78, 5) is 40.2. The van der Waals surface area contributed by atoms with Crippen LogP contribution in [0.3, 0.4) is 0 Å². The number of aliphatic hydroxyl groups is 1. The van der Waals surface area contributed by atoms with Crippen LogP contribution in [-0.4, -0.2) is 47.0 Å². The van der Waals surface area contributed by atoms with Gasteiger partial charge < -0.3 is 29.0 Å². The second-order valence-electron chi connectivity index (χ2n) is 8.70. The van der Waals surface area contributed by atoms with E-state index < -0.39 is 29.5 Å². The fourth-order valence-electron chi connectivity index (χ4n) is 4.55. The van der Waals surface area contributed by atoms with E-state index in [1.165, 1.54) is 37.3 Å². The standard InChI is InChI=1S/C29H23NO8/c1-36-21-5-3-4-19-14-22(38-27(19)21)25(32)23-24(17-10-12-20(31)13-11-17)30(28(34)26(23)33)15-16-6-8-18(9-7-16)29(35)37-2/h3-14,24,31,33H,15H2,1-2H3. The zero-order chi connectivity index (χ0) is 27.0. The number of benzene rings is 3. The van der Waals surface area contributed by atoms with Gasteiger partial charge in [0.25, 0.3) is 5.91 Å². The number of hydrogen-bond donors (Lipinski definition) is 2. The minimum absolute atomic E-state index is 0.00785. The van der Waals surface area contributed by atoms with Gasteiger partial charge in [-0.3, -0.25) is 9.59 Å². The number of amides is 1. The number of ether oxygens (including phenoxy) is 2. The van der Waals surface area contributed by atoms with Crippen molar-refractivity contribution in [3.63, 3.8) is 0 Å². The Kier molecular flexibility index (Phi) is 6.34. The molecule has 0 saturated carbocycles. The van der Waals surface area contributed by atoms with Crippen molar-refractivity contribution >= 4 is 28.6 Å². The van der Waals surface area contributed by atoms with Crippen LogP contribution < -0.4 is 4.74 Å².